The topological polar surface area (TPSA) is 61.5 Å². The Morgan fingerprint density at radius 3 is 2.64 bits per heavy atom. The van der Waals surface area contributed by atoms with E-state index in [1.807, 2.05) is 30.3 Å². The molecule has 1 fully saturated rings. The van der Waals surface area contributed by atoms with E-state index in [1.54, 1.807) is 0 Å². The van der Waals surface area contributed by atoms with Gasteiger partial charge in [0, 0.05) is 6.61 Å². The number of amides is 1. The number of rotatable bonds is 4. The zero-order valence-electron chi connectivity index (χ0n) is 13.6. The van der Waals surface area contributed by atoms with Crippen molar-refractivity contribution in [3.63, 3.8) is 0 Å². The van der Waals surface area contributed by atoms with Crippen molar-refractivity contribution < 1.29 is 14.3 Å². The van der Waals surface area contributed by atoms with E-state index in [0.717, 1.165) is 12.2 Å². The van der Waals surface area contributed by atoms with Crippen LogP contribution in [0.25, 0.3) is 0 Å². The lowest BCUT2D eigenvalue weighted by molar-refractivity contribution is 0.0298. The first kappa shape index (κ1) is 18.5. The van der Waals surface area contributed by atoms with Crippen LogP contribution in [0.2, 0.25) is 0 Å². The second kappa shape index (κ2) is 12.0. The molecule has 1 atom stereocenters. The fourth-order valence-electron chi connectivity index (χ4n) is 2.44. The molecule has 0 spiro atoms. The van der Waals surface area contributed by atoms with Gasteiger partial charge in [-0.25, -0.2) is 4.79 Å². The molecule has 0 saturated carbocycles. The first-order valence-electron chi connectivity index (χ1n) is 8.30. The molecule has 0 aliphatic carbocycles. The molecule has 124 valence electrons. The Hall–Kier alpha value is -1.55. The minimum atomic E-state index is -0.742. The molecule has 1 aromatic carbocycles. The number of hydrogen-bond donors (Lipinski definition) is 1. The maximum absolute atomic E-state index is 10.2. The maximum Gasteiger partial charge on any atom is 0.404 e. The smallest absolute Gasteiger partial charge is 0.404 e. The monoisotopic (exact) mass is 307 g/mol. The molecule has 22 heavy (non-hydrogen) atoms. The normalized spacial score (nSPS) is 18.3. The summed E-state index contributed by atoms with van der Waals surface area (Å²) in [6.07, 6.45) is 9.13. The quantitative estimate of drug-likeness (QED) is 0.895. The molecule has 4 heteroatoms. The average molecular weight is 307 g/mol. The summed E-state index contributed by atoms with van der Waals surface area (Å²) in [5, 5.41) is 0. The number of carbonyl (C=O) groups is 1. The van der Waals surface area contributed by atoms with E-state index in [2.05, 4.69) is 11.7 Å². The van der Waals surface area contributed by atoms with Crippen molar-refractivity contribution in [3.8, 4) is 0 Å². The molecule has 0 aromatic heterocycles. The summed E-state index contributed by atoms with van der Waals surface area (Å²) in [7, 11) is 0. The van der Waals surface area contributed by atoms with Crippen LogP contribution < -0.4 is 5.73 Å². The molecule has 1 aliphatic heterocycles. The number of benzene rings is 1. The summed E-state index contributed by atoms with van der Waals surface area (Å²) in [5.41, 5.74) is 5.72. The Balaban J connectivity index is 0.000000220. The Labute approximate surface area is 134 Å². The Morgan fingerprint density at radius 2 is 1.95 bits per heavy atom. The summed E-state index contributed by atoms with van der Waals surface area (Å²) < 4.78 is 10.3. The number of nitrogens with two attached hydrogens (primary N) is 1. The zero-order chi connectivity index (χ0) is 16.0. The van der Waals surface area contributed by atoms with E-state index >= 15 is 0 Å². The largest absolute Gasteiger partial charge is 0.445 e. The summed E-state index contributed by atoms with van der Waals surface area (Å²) in [6, 6.07) is 9.37. The van der Waals surface area contributed by atoms with Gasteiger partial charge >= 0.3 is 6.09 Å². The molecule has 1 aliphatic rings. The van der Waals surface area contributed by atoms with Gasteiger partial charge in [-0.2, -0.15) is 0 Å². The van der Waals surface area contributed by atoms with Crippen LogP contribution in [-0.4, -0.2) is 18.8 Å². The van der Waals surface area contributed by atoms with Gasteiger partial charge in [0.1, 0.15) is 6.61 Å². The molecule has 1 saturated heterocycles. The van der Waals surface area contributed by atoms with Gasteiger partial charge in [-0.05, 0) is 24.8 Å². The lowest BCUT2D eigenvalue weighted by Crippen LogP contribution is -2.15. The van der Waals surface area contributed by atoms with Gasteiger partial charge in [0.05, 0.1) is 6.10 Å². The van der Waals surface area contributed by atoms with Gasteiger partial charge < -0.3 is 15.2 Å². The van der Waals surface area contributed by atoms with Crippen molar-refractivity contribution >= 4 is 6.09 Å². The molecule has 2 N–H and O–H groups in total. The highest BCUT2D eigenvalue weighted by atomic mass is 16.5. The number of carbonyl (C=O) groups excluding carboxylic acids is 1. The van der Waals surface area contributed by atoms with Crippen LogP contribution in [0.15, 0.2) is 30.3 Å². The van der Waals surface area contributed by atoms with Crippen molar-refractivity contribution in [2.75, 3.05) is 6.61 Å². The summed E-state index contributed by atoms with van der Waals surface area (Å²) in [5.74, 6) is 0. The third-order valence-corrected chi connectivity index (χ3v) is 3.61. The van der Waals surface area contributed by atoms with Crippen LogP contribution in [0, 0.1) is 0 Å². The number of ether oxygens (including phenoxy) is 2. The first-order valence-corrected chi connectivity index (χ1v) is 8.30. The number of primary amides is 1. The fourth-order valence-corrected chi connectivity index (χ4v) is 2.44. The second-order valence-corrected chi connectivity index (χ2v) is 5.58. The lowest BCUT2D eigenvalue weighted by atomic mass is 10.0. The molecule has 0 bridgehead atoms. The highest BCUT2D eigenvalue weighted by Crippen LogP contribution is 2.16. The van der Waals surface area contributed by atoms with Crippen LogP contribution in [0.1, 0.15) is 57.4 Å². The van der Waals surface area contributed by atoms with Gasteiger partial charge in [0.15, 0.2) is 0 Å². The summed E-state index contributed by atoms with van der Waals surface area (Å²) in [6.45, 7) is 3.49. The Kier molecular flexibility index (Phi) is 10.1. The molecule has 4 nitrogen and oxygen atoms in total. The van der Waals surface area contributed by atoms with Crippen molar-refractivity contribution in [3.05, 3.63) is 35.9 Å². The van der Waals surface area contributed by atoms with Crippen molar-refractivity contribution in [1.29, 1.82) is 0 Å². The van der Waals surface area contributed by atoms with E-state index in [4.69, 9.17) is 10.5 Å². The minimum absolute atomic E-state index is 0.246. The van der Waals surface area contributed by atoms with Crippen LogP contribution in [0.5, 0.6) is 0 Å². The van der Waals surface area contributed by atoms with E-state index in [9.17, 15) is 4.79 Å². The van der Waals surface area contributed by atoms with Crippen LogP contribution in [-0.2, 0) is 16.1 Å². The van der Waals surface area contributed by atoms with Gasteiger partial charge in [-0.3, -0.25) is 0 Å². The molecule has 1 amide bonds. The summed E-state index contributed by atoms with van der Waals surface area (Å²) >= 11 is 0. The average Bonchev–Trinajstić information content (AvgIpc) is 2.50. The molecule has 2 rings (SSSR count). The summed E-state index contributed by atoms with van der Waals surface area (Å²) in [4.78, 5) is 10.2. The number of hydrogen-bond acceptors (Lipinski definition) is 3. The molecule has 1 heterocycles. The van der Waals surface area contributed by atoms with Crippen LogP contribution >= 0.6 is 0 Å². The first-order chi connectivity index (χ1) is 10.7. The molecule has 1 unspecified atom stereocenters. The van der Waals surface area contributed by atoms with Crippen molar-refractivity contribution in [1.82, 2.24) is 0 Å². The lowest BCUT2D eigenvalue weighted by Gasteiger charge is -2.19. The van der Waals surface area contributed by atoms with E-state index in [-0.39, 0.29) is 6.61 Å². The SMILES string of the molecule is CCCC1CCCCCCO1.NC(=O)OCc1ccccc1. The van der Waals surface area contributed by atoms with E-state index in [0.29, 0.717) is 6.10 Å². The fraction of sp³-hybridized carbons (Fsp3) is 0.611. The molecule has 0 radical (unpaired) electrons. The van der Waals surface area contributed by atoms with Gasteiger partial charge in [-0.1, -0.05) is 62.9 Å². The zero-order valence-corrected chi connectivity index (χ0v) is 13.6. The van der Waals surface area contributed by atoms with Crippen molar-refractivity contribution in [2.24, 2.45) is 5.73 Å². The molecular weight excluding hydrogens is 278 g/mol. The highest BCUT2D eigenvalue weighted by molar-refractivity contribution is 5.64. The minimum Gasteiger partial charge on any atom is -0.445 e. The Bertz CT molecular complexity index is 387. The highest BCUT2D eigenvalue weighted by Gasteiger charge is 2.09. The van der Waals surface area contributed by atoms with E-state index < -0.39 is 6.09 Å². The van der Waals surface area contributed by atoms with E-state index in [1.165, 1.54) is 44.9 Å². The predicted molar refractivity (Wildman–Crippen MR) is 88.5 cm³/mol. The third-order valence-electron chi connectivity index (χ3n) is 3.61. The Morgan fingerprint density at radius 1 is 1.23 bits per heavy atom. The molecule has 1 aromatic rings. The van der Waals surface area contributed by atoms with Crippen molar-refractivity contribution in [2.45, 2.75) is 64.6 Å². The third kappa shape index (κ3) is 9.40. The maximum atomic E-state index is 10.2. The van der Waals surface area contributed by atoms with Crippen LogP contribution in [0.4, 0.5) is 4.79 Å². The van der Waals surface area contributed by atoms with Crippen LogP contribution in [0.3, 0.4) is 0 Å². The standard InChI is InChI=1S/C10H20O.C8H9NO2/c1-2-7-10-8-5-3-4-6-9-11-10;9-8(10)11-6-7-4-2-1-3-5-7/h10H,2-9H2,1H3;1-5H,6H2,(H2,9,10). The second-order valence-electron chi connectivity index (χ2n) is 5.58. The predicted octanol–water partition coefficient (Wildman–Crippen LogP) is 4.42. The molecular formula is C18H29NO3. The van der Waals surface area contributed by atoms with Gasteiger partial charge in [-0.15, -0.1) is 0 Å². The van der Waals surface area contributed by atoms with Gasteiger partial charge in [0.25, 0.3) is 0 Å². The van der Waals surface area contributed by atoms with Gasteiger partial charge in [0.2, 0.25) is 0 Å².